The van der Waals surface area contributed by atoms with E-state index in [-0.39, 0.29) is 10.9 Å². The number of anilines is 1. The maximum atomic E-state index is 12.8. The number of nitrogens with two attached hydrogens (primary N) is 1. The zero-order chi connectivity index (χ0) is 14.9. The van der Waals surface area contributed by atoms with Crippen LogP contribution in [0.15, 0.2) is 23.1 Å². The fourth-order valence-corrected chi connectivity index (χ4v) is 4.71. The van der Waals surface area contributed by atoms with Crippen molar-refractivity contribution in [2.75, 3.05) is 12.8 Å². The Hall–Kier alpha value is -1.07. The molecule has 1 fully saturated rings. The quantitative estimate of drug-likeness (QED) is 0.872. The first-order valence-electron chi connectivity index (χ1n) is 7.17. The second-order valence-electron chi connectivity index (χ2n) is 5.93. The van der Waals surface area contributed by atoms with Gasteiger partial charge in [-0.3, -0.25) is 0 Å². The first-order chi connectivity index (χ1) is 9.34. The minimum Gasteiger partial charge on any atom is -0.398 e. The second-order valence-corrected chi connectivity index (χ2v) is 7.86. The zero-order valence-corrected chi connectivity index (χ0v) is 13.3. The van der Waals surface area contributed by atoms with Gasteiger partial charge in [0.25, 0.3) is 0 Å². The number of nitrogens with zero attached hydrogens (tertiary/aromatic N) is 1. The van der Waals surface area contributed by atoms with Gasteiger partial charge in [0.1, 0.15) is 4.90 Å². The van der Waals surface area contributed by atoms with Crippen LogP contribution in [0.5, 0.6) is 0 Å². The van der Waals surface area contributed by atoms with E-state index < -0.39 is 10.0 Å². The zero-order valence-electron chi connectivity index (χ0n) is 12.5. The molecule has 2 N–H and O–H groups in total. The molecule has 0 atom stereocenters. The van der Waals surface area contributed by atoms with E-state index in [1.54, 1.807) is 32.2 Å². The topological polar surface area (TPSA) is 63.4 Å². The fourth-order valence-electron chi connectivity index (χ4n) is 2.97. The average Bonchev–Trinajstić information content (AvgIpc) is 2.38. The minimum atomic E-state index is -3.51. The van der Waals surface area contributed by atoms with E-state index in [2.05, 4.69) is 6.92 Å². The summed E-state index contributed by atoms with van der Waals surface area (Å²) in [6, 6.07) is 5.32. The van der Waals surface area contributed by atoms with Crippen LogP contribution in [0.25, 0.3) is 0 Å². The van der Waals surface area contributed by atoms with Crippen LogP contribution in [0.3, 0.4) is 0 Å². The first-order valence-corrected chi connectivity index (χ1v) is 8.61. The van der Waals surface area contributed by atoms with Gasteiger partial charge >= 0.3 is 0 Å². The normalized spacial score (nSPS) is 24.0. The van der Waals surface area contributed by atoms with Crippen LogP contribution >= 0.6 is 0 Å². The molecule has 0 unspecified atom stereocenters. The fraction of sp³-hybridized carbons (Fsp3) is 0.600. The number of aryl methyl sites for hydroxylation is 1. The lowest BCUT2D eigenvalue weighted by atomic mass is 9.87. The Bertz CT molecular complexity index is 555. The molecular formula is C15H24N2O2S. The molecule has 1 aromatic rings. The highest BCUT2D eigenvalue weighted by molar-refractivity contribution is 7.89. The summed E-state index contributed by atoms with van der Waals surface area (Å²) in [6.45, 7) is 4.02. The lowest BCUT2D eigenvalue weighted by Crippen LogP contribution is -2.39. The van der Waals surface area contributed by atoms with Gasteiger partial charge in [0.15, 0.2) is 0 Å². The Balaban J connectivity index is 2.30. The Labute approximate surface area is 122 Å². The van der Waals surface area contributed by atoms with Crippen molar-refractivity contribution in [3.8, 4) is 0 Å². The van der Waals surface area contributed by atoms with Gasteiger partial charge in [-0.15, -0.1) is 0 Å². The van der Waals surface area contributed by atoms with E-state index in [1.165, 1.54) is 4.31 Å². The van der Waals surface area contributed by atoms with Gasteiger partial charge in [-0.25, -0.2) is 8.42 Å². The highest BCUT2D eigenvalue weighted by atomic mass is 32.2. The van der Waals surface area contributed by atoms with Crippen molar-refractivity contribution in [2.45, 2.75) is 50.5 Å². The van der Waals surface area contributed by atoms with Gasteiger partial charge < -0.3 is 5.73 Å². The van der Waals surface area contributed by atoms with Crippen molar-refractivity contribution in [3.05, 3.63) is 23.8 Å². The number of hydrogen-bond donors (Lipinski definition) is 1. The minimum absolute atomic E-state index is 0.0928. The summed E-state index contributed by atoms with van der Waals surface area (Å²) in [7, 11) is -1.83. The largest absolute Gasteiger partial charge is 0.398 e. The highest BCUT2D eigenvalue weighted by Crippen LogP contribution is 2.32. The number of sulfonamides is 1. The van der Waals surface area contributed by atoms with Crippen LogP contribution in [-0.4, -0.2) is 25.8 Å². The van der Waals surface area contributed by atoms with Crippen molar-refractivity contribution in [3.63, 3.8) is 0 Å². The Kier molecular flexibility index (Phi) is 4.39. The third kappa shape index (κ3) is 2.83. The van der Waals surface area contributed by atoms with Gasteiger partial charge in [-0.2, -0.15) is 4.31 Å². The monoisotopic (exact) mass is 296 g/mol. The van der Waals surface area contributed by atoms with E-state index in [0.717, 1.165) is 25.7 Å². The number of benzene rings is 1. The van der Waals surface area contributed by atoms with Crippen LogP contribution in [0.2, 0.25) is 0 Å². The molecule has 0 radical (unpaired) electrons. The van der Waals surface area contributed by atoms with Crippen LogP contribution in [-0.2, 0) is 10.0 Å². The Morgan fingerprint density at radius 1 is 1.20 bits per heavy atom. The predicted molar refractivity (Wildman–Crippen MR) is 82.0 cm³/mol. The molecule has 4 nitrogen and oxygen atoms in total. The summed E-state index contributed by atoms with van der Waals surface area (Å²) in [5.41, 5.74) is 6.93. The molecule has 0 heterocycles. The molecule has 1 aliphatic rings. The van der Waals surface area contributed by atoms with E-state index >= 15 is 0 Å². The molecule has 0 aromatic heterocycles. The maximum absolute atomic E-state index is 12.8. The third-order valence-corrected chi connectivity index (χ3v) is 6.51. The highest BCUT2D eigenvalue weighted by Gasteiger charge is 2.32. The molecule has 0 bridgehead atoms. The van der Waals surface area contributed by atoms with Crippen LogP contribution in [0.4, 0.5) is 5.69 Å². The molecule has 1 saturated carbocycles. The summed E-state index contributed by atoms with van der Waals surface area (Å²) in [5, 5.41) is 0. The average molecular weight is 296 g/mol. The van der Waals surface area contributed by atoms with E-state index in [4.69, 9.17) is 5.73 Å². The standard InChI is InChI=1S/C15H24N2O2S/c1-11-7-9-13(10-8-11)17(3)20(18,19)15-12(2)5-4-6-14(15)16/h4-6,11,13H,7-10,16H2,1-3H3. The van der Waals surface area contributed by atoms with Gasteiger partial charge in [-0.05, 0) is 50.2 Å². The second kappa shape index (κ2) is 5.74. The molecule has 0 amide bonds. The molecule has 0 aliphatic heterocycles. The SMILES string of the molecule is Cc1cccc(N)c1S(=O)(=O)N(C)C1CCC(C)CC1. The molecule has 112 valence electrons. The van der Waals surface area contributed by atoms with Crippen molar-refractivity contribution >= 4 is 15.7 Å². The molecule has 0 saturated heterocycles. The van der Waals surface area contributed by atoms with Gasteiger partial charge in [-0.1, -0.05) is 19.1 Å². The number of rotatable bonds is 3. The van der Waals surface area contributed by atoms with Crippen LogP contribution < -0.4 is 5.73 Å². The van der Waals surface area contributed by atoms with Gasteiger partial charge in [0.2, 0.25) is 10.0 Å². The molecule has 20 heavy (non-hydrogen) atoms. The van der Waals surface area contributed by atoms with E-state index in [9.17, 15) is 8.42 Å². The maximum Gasteiger partial charge on any atom is 0.245 e. The lowest BCUT2D eigenvalue weighted by Gasteiger charge is -2.33. The number of nitrogen functional groups attached to an aromatic ring is 1. The summed E-state index contributed by atoms with van der Waals surface area (Å²) >= 11 is 0. The van der Waals surface area contributed by atoms with Gasteiger partial charge in [0.05, 0.1) is 5.69 Å². The van der Waals surface area contributed by atoms with Crippen LogP contribution in [0, 0.1) is 12.8 Å². The Morgan fingerprint density at radius 3 is 2.35 bits per heavy atom. The van der Waals surface area contributed by atoms with Crippen molar-refractivity contribution in [1.82, 2.24) is 4.31 Å². The summed E-state index contributed by atoms with van der Waals surface area (Å²) in [6.07, 6.45) is 4.05. The molecular weight excluding hydrogens is 272 g/mol. The molecule has 2 rings (SSSR count). The van der Waals surface area contributed by atoms with Crippen molar-refractivity contribution in [1.29, 1.82) is 0 Å². The van der Waals surface area contributed by atoms with E-state index in [1.807, 2.05) is 0 Å². The summed E-state index contributed by atoms with van der Waals surface area (Å²) in [4.78, 5) is 0.265. The van der Waals surface area contributed by atoms with Crippen LogP contribution in [0.1, 0.15) is 38.2 Å². The molecule has 1 aromatic carbocycles. The Morgan fingerprint density at radius 2 is 1.80 bits per heavy atom. The van der Waals surface area contributed by atoms with Crippen molar-refractivity contribution < 1.29 is 8.42 Å². The van der Waals surface area contributed by atoms with E-state index in [0.29, 0.717) is 17.2 Å². The predicted octanol–water partition coefficient (Wildman–Crippen LogP) is 2.78. The third-order valence-electron chi connectivity index (χ3n) is 4.38. The smallest absolute Gasteiger partial charge is 0.245 e. The molecule has 1 aliphatic carbocycles. The number of hydrogen-bond acceptors (Lipinski definition) is 3. The lowest BCUT2D eigenvalue weighted by molar-refractivity contribution is 0.246. The molecule has 0 spiro atoms. The molecule has 5 heteroatoms. The van der Waals surface area contributed by atoms with Crippen molar-refractivity contribution in [2.24, 2.45) is 5.92 Å². The summed E-state index contributed by atoms with van der Waals surface area (Å²) < 4.78 is 27.1. The summed E-state index contributed by atoms with van der Waals surface area (Å²) in [5.74, 6) is 0.700. The van der Waals surface area contributed by atoms with Gasteiger partial charge in [0, 0.05) is 13.1 Å². The first kappa shape index (κ1) is 15.3.